The summed E-state index contributed by atoms with van der Waals surface area (Å²) in [4.78, 5) is 37.7. The number of ether oxygens (including phenoxy) is 1. The second kappa shape index (κ2) is 12.2. The zero-order valence-corrected chi connectivity index (χ0v) is 21.5. The van der Waals surface area contributed by atoms with Crippen LogP contribution in [0.25, 0.3) is 0 Å². The topological polar surface area (TPSA) is 116 Å². The molecule has 2 aliphatic rings. The van der Waals surface area contributed by atoms with Gasteiger partial charge in [0.1, 0.15) is 6.33 Å². The third kappa shape index (κ3) is 7.07. The number of rotatable bonds is 7. The number of benzene rings is 1. The van der Waals surface area contributed by atoms with Crippen LogP contribution in [0.3, 0.4) is 0 Å². The van der Waals surface area contributed by atoms with Crippen molar-refractivity contribution in [1.29, 1.82) is 0 Å². The number of thioether (sulfide) groups is 1. The normalized spacial score (nSPS) is 16.9. The Morgan fingerprint density at radius 3 is 2.46 bits per heavy atom. The number of anilines is 1. The number of likely N-dealkylation sites (tertiary alicyclic amines) is 2. The lowest BCUT2D eigenvalue weighted by Crippen LogP contribution is -2.41. The molecule has 11 heteroatoms. The van der Waals surface area contributed by atoms with Crippen molar-refractivity contribution in [3.63, 3.8) is 0 Å². The van der Waals surface area contributed by atoms with Crippen molar-refractivity contribution < 1.29 is 14.3 Å². The second-order valence-electron chi connectivity index (χ2n) is 9.33. The van der Waals surface area contributed by atoms with Crippen molar-refractivity contribution in [2.45, 2.75) is 49.1 Å². The number of nitrogens with zero attached hydrogens (tertiary/aromatic N) is 5. The van der Waals surface area contributed by atoms with Crippen LogP contribution in [0.1, 0.15) is 48.0 Å². The van der Waals surface area contributed by atoms with E-state index in [1.54, 1.807) is 35.1 Å². The number of aromatic amines is 1. The predicted octanol–water partition coefficient (Wildman–Crippen LogP) is 4.19. The summed E-state index contributed by atoms with van der Waals surface area (Å²) in [5.74, 6) is -0.0101. The van der Waals surface area contributed by atoms with Crippen LogP contribution in [0.4, 0.5) is 10.5 Å². The van der Waals surface area contributed by atoms with Crippen molar-refractivity contribution in [1.82, 2.24) is 30.0 Å². The molecule has 2 N–H and O–H groups in total. The van der Waals surface area contributed by atoms with Crippen LogP contribution in [0.5, 0.6) is 5.88 Å². The first-order valence-electron chi connectivity index (χ1n) is 12.7. The first-order valence-corrected chi connectivity index (χ1v) is 13.6. The van der Waals surface area contributed by atoms with Crippen LogP contribution >= 0.6 is 11.8 Å². The molecule has 1 aromatic carbocycles. The van der Waals surface area contributed by atoms with Crippen molar-refractivity contribution in [2.75, 3.05) is 31.5 Å². The first kappa shape index (κ1) is 25.2. The van der Waals surface area contributed by atoms with Crippen molar-refractivity contribution in [3.8, 4) is 5.88 Å². The SMILES string of the molecule is O=C(Nc1ccc(OC(=O)N2CCC(Sc3nc[nH]n3)CC2)nc1)c1ccc(CN2CCCCC2)cc1. The van der Waals surface area contributed by atoms with E-state index in [0.717, 1.165) is 37.6 Å². The van der Waals surface area contributed by atoms with Crippen LogP contribution < -0.4 is 10.1 Å². The highest BCUT2D eigenvalue weighted by Crippen LogP contribution is 2.28. The summed E-state index contributed by atoms with van der Waals surface area (Å²) in [5.41, 5.74) is 2.33. The number of nitrogens with one attached hydrogen (secondary N) is 2. The molecule has 0 aliphatic carbocycles. The molecule has 0 unspecified atom stereocenters. The summed E-state index contributed by atoms with van der Waals surface area (Å²) in [6.07, 6.45) is 8.15. The maximum absolute atomic E-state index is 12.7. The van der Waals surface area contributed by atoms with Gasteiger partial charge in [0.15, 0.2) is 0 Å². The number of pyridine rings is 1. The minimum Gasteiger partial charge on any atom is -0.391 e. The number of hydrogen-bond acceptors (Lipinski definition) is 8. The maximum atomic E-state index is 12.7. The molecule has 2 amide bonds. The molecule has 0 saturated carbocycles. The van der Waals surface area contributed by atoms with Gasteiger partial charge in [-0.25, -0.2) is 14.8 Å². The van der Waals surface area contributed by atoms with E-state index in [-0.39, 0.29) is 11.8 Å². The number of hydrogen-bond donors (Lipinski definition) is 2. The average molecular weight is 522 g/mol. The van der Waals surface area contributed by atoms with Gasteiger partial charge in [-0.05, 0) is 62.5 Å². The van der Waals surface area contributed by atoms with E-state index in [1.165, 1.54) is 31.0 Å². The van der Waals surface area contributed by atoms with Gasteiger partial charge in [0, 0.05) is 36.5 Å². The van der Waals surface area contributed by atoms with Crippen LogP contribution in [-0.4, -0.2) is 73.4 Å². The lowest BCUT2D eigenvalue weighted by atomic mass is 10.1. The molecule has 5 rings (SSSR count). The molecule has 0 bridgehead atoms. The molecular formula is C26H31N7O3S. The van der Waals surface area contributed by atoms with Crippen molar-refractivity contribution in [3.05, 3.63) is 60.0 Å². The highest BCUT2D eigenvalue weighted by atomic mass is 32.2. The van der Waals surface area contributed by atoms with E-state index < -0.39 is 6.09 Å². The summed E-state index contributed by atoms with van der Waals surface area (Å²) in [6, 6.07) is 11.0. The average Bonchev–Trinajstić information content (AvgIpc) is 3.44. The lowest BCUT2D eigenvalue weighted by Gasteiger charge is -2.30. The van der Waals surface area contributed by atoms with E-state index >= 15 is 0 Å². The highest BCUT2D eigenvalue weighted by Gasteiger charge is 2.25. The zero-order valence-electron chi connectivity index (χ0n) is 20.6. The van der Waals surface area contributed by atoms with Crippen molar-refractivity contribution in [2.24, 2.45) is 0 Å². The monoisotopic (exact) mass is 521 g/mol. The minimum atomic E-state index is -0.421. The molecule has 2 fully saturated rings. The maximum Gasteiger partial charge on any atom is 0.416 e. The fourth-order valence-corrected chi connectivity index (χ4v) is 5.53. The molecule has 10 nitrogen and oxygen atoms in total. The zero-order chi connectivity index (χ0) is 25.5. The summed E-state index contributed by atoms with van der Waals surface area (Å²) in [5, 5.41) is 10.7. The molecule has 37 heavy (non-hydrogen) atoms. The Morgan fingerprint density at radius 2 is 1.78 bits per heavy atom. The van der Waals surface area contributed by atoms with Gasteiger partial charge in [-0.3, -0.25) is 14.8 Å². The van der Waals surface area contributed by atoms with Gasteiger partial charge in [-0.1, -0.05) is 30.3 Å². The predicted molar refractivity (Wildman–Crippen MR) is 141 cm³/mol. The molecule has 3 aromatic rings. The Balaban J connectivity index is 1.07. The second-order valence-corrected chi connectivity index (χ2v) is 10.6. The minimum absolute atomic E-state index is 0.197. The molecule has 194 valence electrons. The van der Waals surface area contributed by atoms with E-state index in [4.69, 9.17) is 4.74 Å². The summed E-state index contributed by atoms with van der Waals surface area (Å²) in [7, 11) is 0. The number of piperidine rings is 2. The smallest absolute Gasteiger partial charge is 0.391 e. The molecule has 2 aromatic heterocycles. The Hall–Kier alpha value is -3.44. The third-order valence-electron chi connectivity index (χ3n) is 6.62. The van der Waals surface area contributed by atoms with Gasteiger partial charge in [-0.2, -0.15) is 0 Å². The molecule has 2 saturated heterocycles. The molecule has 2 aliphatic heterocycles. The van der Waals surface area contributed by atoms with E-state index in [0.29, 0.717) is 29.6 Å². The van der Waals surface area contributed by atoms with Crippen molar-refractivity contribution >= 4 is 29.4 Å². The molecule has 4 heterocycles. The third-order valence-corrected chi connectivity index (χ3v) is 7.83. The Bertz CT molecular complexity index is 1160. The molecule has 0 radical (unpaired) electrons. The molecular weight excluding hydrogens is 490 g/mol. The summed E-state index contributed by atoms with van der Waals surface area (Å²) < 4.78 is 5.44. The number of carbonyl (C=O) groups is 2. The number of aromatic nitrogens is 4. The van der Waals surface area contributed by atoms with Crippen LogP contribution in [0.15, 0.2) is 54.1 Å². The fourth-order valence-electron chi connectivity index (χ4n) is 4.57. The Kier molecular flexibility index (Phi) is 8.32. The van der Waals surface area contributed by atoms with Gasteiger partial charge >= 0.3 is 6.09 Å². The molecule has 0 spiro atoms. The first-order chi connectivity index (χ1) is 18.1. The standard InChI is InChI=1S/C26H31N7O3S/c34-24(20-6-4-19(5-7-20)17-32-12-2-1-3-13-32)30-21-8-9-23(27-16-21)36-26(35)33-14-10-22(11-15-33)37-25-28-18-29-31-25/h4-9,16,18,22H,1-3,10-15,17H2,(H,30,34)(H,28,29,31). The van der Waals surface area contributed by atoms with Gasteiger partial charge in [0.2, 0.25) is 11.0 Å². The summed E-state index contributed by atoms with van der Waals surface area (Å²) in [6.45, 7) is 4.41. The fraction of sp³-hybridized carbons (Fsp3) is 0.423. The largest absolute Gasteiger partial charge is 0.416 e. The van der Waals surface area contributed by atoms with E-state index in [1.807, 2.05) is 24.3 Å². The van der Waals surface area contributed by atoms with Gasteiger partial charge in [0.05, 0.1) is 11.9 Å². The van der Waals surface area contributed by atoms with Gasteiger partial charge in [-0.15, -0.1) is 5.10 Å². The number of carbonyl (C=O) groups excluding carboxylic acids is 2. The summed E-state index contributed by atoms with van der Waals surface area (Å²) >= 11 is 1.62. The van der Waals surface area contributed by atoms with Gasteiger partial charge in [0.25, 0.3) is 5.91 Å². The van der Waals surface area contributed by atoms with Crippen LogP contribution in [0.2, 0.25) is 0 Å². The number of H-pyrrole nitrogens is 1. The van der Waals surface area contributed by atoms with Crippen LogP contribution in [-0.2, 0) is 6.54 Å². The molecule has 0 atom stereocenters. The quantitative estimate of drug-likeness (QED) is 0.475. The number of amides is 2. The van der Waals surface area contributed by atoms with Gasteiger partial charge < -0.3 is 15.0 Å². The van der Waals surface area contributed by atoms with E-state index in [9.17, 15) is 9.59 Å². The van der Waals surface area contributed by atoms with Crippen LogP contribution in [0, 0.1) is 0 Å². The van der Waals surface area contributed by atoms with E-state index in [2.05, 4.69) is 30.4 Å². The highest BCUT2D eigenvalue weighted by molar-refractivity contribution is 7.99. The Morgan fingerprint density at radius 1 is 1.00 bits per heavy atom. The lowest BCUT2D eigenvalue weighted by molar-refractivity contribution is 0.102. The Labute approximate surface area is 220 Å².